The summed E-state index contributed by atoms with van der Waals surface area (Å²) < 4.78 is 10.4. The maximum absolute atomic E-state index is 11.9. The van der Waals surface area contributed by atoms with Crippen molar-refractivity contribution in [2.75, 3.05) is 12.4 Å². The standard InChI is InChI=1S/C16H17NO3/c1-11-5-4-6-12(2)15(11)20-16(18)17-13-7-9-14(19-3)10-8-13/h4-10H,1-3H3,(H,17,18). The number of benzene rings is 2. The average molecular weight is 271 g/mol. The van der Waals surface area contributed by atoms with Crippen LogP contribution >= 0.6 is 0 Å². The van der Waals surface area contributed by atoms with Gasteiger partial charge in [0.25, 0.3) is 0 Å². The highest BCUT2D eigenvalue weighted by atomic mass is 16.6. The lowest BCUT2D eigenvalue weighted by Crippen LogP contribution is -2.17. The van der Waals surface area contributed by atoms with Crippen LogP contribution in [0.5, 0.6) is 11.5 Å². The van der Waals surface area contributed by atoms with Gasteiger partial charge in [-0.25, -0.2) is 4.79 Å². The number of methoxy groups -OCH3 is 1. The van der Waals surface area contributed by atoms with Crippen LogP contribution in [0.1, 0.15) is 11.1 Å². The first-order valence-electron chi connectivity index (χ1n) is 6.29. The Morgan fingerprint density at radius 3 is 2.15 bits per heavy atom. The molecule has 104 valence electrons. The fourth-order valence-electron chi connectivity index (χ4n) is 1.87. The van der Waals surface area contributed by atoms with Crippen LogP contribution in [0.25, 0.3) is 0 Å². The van der Waals surface area contributed by atoms with Crippen molar-refractivity contribution in [3.63, 3.8) is 0 Å². The second-order valence-corrected chi connectivity index (χ2v) is 4.46. The Hall–Kier alpha value is -2.49. The zero-order valence-electron chi connectivity index (χ0n) is 11.8. The van der Waals surface area contributed by atoms with Gasteiger partial charge in [-0.1, -0.05) is 18.2 Å². The van der Waals surface area contributed by atoms with Gasteiger partial charge >= 0.3 is 6.09 Å². The Bertz CT molecular complexity index is 585. The van der Waals surface area contributed by atoms with Crippen LogP contribution in [-0.4, -0.2) is 13.2 Å². The zero-order valence-corrected chi connectivity index (χ0v) is 11.8. The van der Waals surface area contributed by atoms with Crippen molar-refractivity contribution in [1.82, 2.24) is 0 Å². The van der Waals surface area contributed by atoms with E-state index in [9.17, 15) is 4.79 Å². The second kappa shape index (κ2) is 6.10. The van der Waals surface area contributed by atoms with Gasteiger partial charge in [-0.3, -0.25) is 5.32 Å². The molecule has 0 fully saturated rings. The van der Waals surface area contributed by atoms with Crippen LogP contribution in [0, 0.1) is 13.8 Å². The normalized spacial score (nSPS) is 9.95. The predicted octanol–water partition coefficient (Wildman–Crippen LogP) is 3.92. The number of ether oxygens (including phenoxy) is 2. The third-order valence-corrected chi connectivity index (χ3v) is 2.94. The maximum atomic E-state index is 11.9. The highest BCUT2D eigenvalue weighted by Crippen LogP contribution is 2.23. The molecule has 0 unspecified atom stereocenters. The number of para-hydroxylation sites is 1. The molecule has 0 spiro atoms. The van der Waals surface area contributed by atoms with Crippen molar-refractivity contribution in [1.29, 1.82) is 0 Å². The quantitative estimate of drug-likeness (QED) is 0.920. The molecular formula is C16H17NO3. The molecule has 4 heteroatoms. The highest BCUT2D eigenvalue weighted by molar-refractivity contribution is 5.86. The van der Waals surface area contributed by atoms with E-state index in [-0.39, 0.29) is 0 Å². The zero-order chi connectivity index (χ0) is 14.5. The van der Waals surface area contributed by atoms with Gasteiger partial charge in [-0.2, -0.15) is 0 Å². The molecule has 2 rings (SSSR count). The van der Waals surface area contributed by atoms with E-state index in [1.807, 2.05) is 32.0 Å². The summed E-state index contributed by atoms with van der Waals surface area (Å²) in [6, 6.07) is 12.8. The molecule has 1 amide bonds. The van der Waals surface area contributed by atoms with E-state index in [2.05, 4.69) is 5.32 Å². The average Bonchev–Trinajstić information content (AvgIpc) is 2.44. The topological polar surface area (TPSA) is 47.6 Å². The predicted molar refractivity (Wildman–Crippen MR) is 78.6 cm³/mol. The number of carbonyl (C=O) groups excluding carboxylic acids is 1. The lowest BCUT2D eigenvalue weighted by Gasteiger charge is -2.11. The van der Waals surface area contributed by atoms with Gasteiger partial charge in [-0.15, -0.1) is 0 Å². The van der Waals surface area contributed by atoms with Crippen LogP contribution < -0.4 is 14.8 Å². The maximum Gasteiger partial charge on any atom is 0.417 e. The molecule has 0 atom stereocenters. The molecule has 4 nitrogen and oxygen atoms in total. The molecule has 0 heterocycles. The van der Waals surface area contributed by atoms with Crippen LogP contribution in [0.2, 0.25) is 0 Å². The first-order valence-corrected chi connectivity index (χ1v) is 6.29. The van der Waals surface area contributed by atoms with Crippen molar-refractivity contribution in [3.8, 4) is 11.5 Å². The molecular weight excluding hydrogens is 254 g/mol. The van der Waals surface area contributed by atoms with E-state index in [1.165, 1.54) is 0 Å². The second-order valence-electron chi connectivity index (χ2n) is 4.46. The van der Waals surface area contributed by atoms with Gasteiger partial charge in [-0.05, 0) is 49.2 Å². The Morgan fingerprint density at radius 2 is 1.60 bits per heavy atom. The smallest absolute Gasteiger partial charge is 0.417 e. The number of nitrogens with one attached hydrogen (secondary N) is 1. The third-order valence-electron chi connectivity index (χ3n) is 2.94. The van der Waals surface area contributed by atoms with Gasteiger partial charge in [0.2, 0.25) is 0 Å². The van der Waals surface area contributed by atoms with Crippen molar-refractivity contribution in [2.24, 2.45) is 0 Å². The molecule has 0 aliphatic carbocycles. The highest BCUT2D eigenvalue weighted by Gasteiger charge is 2.09. The van der Waals surface area contributed by atoms with Crippen molar-refractivity contribution in [2.45, 2.75) is 13.8 Å². The van der Waals surface area contributed by atoms with E-state index in [0.717, 1.165) is 16.9 Å². The van der Waals surface area contributed by atoms with Crippen LogP contribution in [-0.2, 0) is 0 Å². The van der Waals surface area contributed by atoms with Gasteiger partial charge in [0.15, 0.2) is 0 Å². The molecule has 0 saturated heterocycles. The summed E-state index contributed by atoms with van der Waals surface area (Å²) in [5.41, 5.74) is 2.51. The summed E-state index contributed by atoms with van der Waals surface area (Å²) >= 11 is 0. The first-order chi connectivity index (χ1) is 9.60. The molecule has 20 heavy (non-hydrogen) atoms. The summed E-state index contributed by atoms with van der Waals surface area (Å²) in [5, 5.41) is 2.68. The van der Waals surface area contributed by atoms with Crippen molar-refractivity contribution < 1.29 is 14.3 Å². The minimum Gasteiger partial charge on any atom is -0.497 e. The van der Waals surface area contributed by atoms with Crippen molar-refractivity contribution >= 4 is 11.8 Å². The SMILES string of the molecule is COc1ccc(NC(=O)Oc2c(C)cccc2C)cc1. The summed E-state index contributed by atoms with van der Waals surface area (Å²) in [6.07, 6.45) is -0.507. The summed E-state index contributed by atoms with van der Waals surface area (Å²) in [5.74, 6) is 1.33. The lowest BCUT2D eigenvalue weighted by molar-refractivity contribution is 0.214. The van der Waals surface area contributed by atoms with Crippen LogP contribution in [0.3, 0.4) is 0 Å². The number of rotatable bonds is 3. The molecule has 2 aromatic carbocycles. The van der Waals surface area contributed by atoms with E-state index in [4.69, 9.17) is 9.47 Å². The molecule has 0 aromatic heterocycles. The third kappa shape index (κ3) is 3.29. The Balaban J connectivity index is 2.05. The summed E-state index contributed by atoms with van der Waals surface area (Å²) in [6.45, 7) is 3.81. The van der Waals surface area contributed by atoms with E-state index >= 15 is 0 Å². The Morgan fingerprint density at radius 1 is 1.00 bits per heavy atom. The number of anilines is 1. The number of amides is 1. The summed E-state index contributed by atoms with van der Waals surface area (Å²) in [7, 11) is 1.59. The molecule has 0 radical (unpaired) electrons. The number of hydrogen-bond donors (Lipinski definition) is 1. The molecule has 1 N–H and O–H groups in total. The van der Waals surface area contributed by atoms with Gasteiger partial charge in [0, 0.05) is 5.69 Å². The Kier molecular flexibility index (Phi) is 4.25. The minimum absolute atomic E-state index is 0.507. The van der Waals surface area contributed by atoms with Gasteiger partial charge in [0.1, 0.15) is 11.5 Å². The van der Waals surface area contributed by atoms with Crippen LogP contribution in [0.15, 0.2) is 42.5 Å². The van der Waals surface area contributed by atoms with Gasteiger partial charge in [0.05, 0.1) is 7.11 Å². The number of carbonyl (C=O) groups is 1. The van der Waals surface area contributed by atoms with Gasteiger partial charge < -0.3 is 9.47 Å². The largest absolute Gasteiger partial charge is 0.497 e. The molecule has 0 aliphatic rings. The van der Waals surface area contributed by atoms with Crippen molar-refractivity contribution in [3.05, 3.63) is 53.6 Å². The minimum atomic E-state index is -0.507. The van der Waals surface area contributed by atoms with E-state index < -0.39 is 6.09 Å². The molecule has 0 bridgehead atoms. The lowest BCUT2D eigenvalue weighted by atomic mass is 10.1. The number of hydrogen-bond acceptors (Lipinski definition) is 3. The number of aryl methyl sites for hydroxylation is 2. The van der Waals surface area contributed by atoms with E-state index in [0.29, 0.717) is 11.4 Å². The molecule has 0 aliphatic heterocycles. The monoisotopic (exact) mass is 271 g/mol. The van der Waals surface area contributed by atoms with Crippen LogP contribution in [0.4, 0.5) is 10.5 Å². The summed E-state index contributed by atoms with van der Waals surface area (Å²) in [4.78, 5) is 11.9. The Labute approximate surface area is 118 Å². The first kappa shape index (κ1) is 13.9. The molecule has 0 saturated carbocycles. The fourth-order valence-corrected chi connectivity index (χ4v) is 1.87. The molecule has 2 aromatic rings. The van der Waals surface area contributed by atoms with E-state index in [1.54, 1.807) is 31.4 Å². The fraction of sp³-hybridized carbons (Fsp3) is 0.188.